The minimum Gasteiger partial charge on any atom is -0.490 e. The molecule has 1 saturated heterocycles. The third-order valence-corrected chi connectivity index (χ3v) is 5.74. The van der Waals surface area contributed by atoms with Crippen molar-refractivity contribution in [1.29, 1.82) is 0 Å². The van der Waals surface area contributed by atoms with E-state index in [-0.39, 0.29) is 0 Å². The summed E-state index contributed by atoms with van der Waals surface area (Å²) in [6.45, 7) is 4.78. The van der Waals surface area contributed by atoms with Crippen LogP contribution < -0.4 is 9.64 Å². The summed E-state index contributed by atoms with van der Waals surface area (Å²) in [4.78, 5) is 4.70. The first-order valence-corrected chi connectivity index (χ1v) is 10.5. The molecule has 0 saturated carbocycles. The molecule has 1 aliphatic heterocycles. The van der Waals surface area contributed by atoms with Crippen LogP contribution in [0.5, 0.6) is 5.75 Å². The zero-order valence-electron chi connectivity index (χ0n) is 15.8. The van der Waals surface area contributed by atoms with E-state index in [0.29, 0.717) is 13.2 Å². The standard InChI is InChI=1S/C23H25BrN2O2/c24-19-8-10-20(11-9-19)26-14-12-25(13-15-26)16-21(27)17-28-23-7-3-5-18-4-1-2-6-22(18)23/h1-11,21,27H,12-17H2/t21-/m1/s1. The van der Waals surface area contributed by atoms with Crippen LogP contribution in [0.1, 0.15) is 0 Å². The summed E-state index contributed by atoms with van der Waals surface area (Å²) < 4.78 is 7.03. The first kappa shape index (κ1) is 19.2. The largest absolute Gasteiger partial charge is 0.490 e. The van der Waals surface area contributed by atoms with E-state index in [9.17, 15) is 5.11 Å². The number of anilines is 1. The van der Waals surface area contributed by atoms with Gasteiger partial charge in [0.1, 0.15) is 18.5 Å². The van der Waals surface area contributed by atoms with Gasteiger partial charge in [-0.05, 0) is 35.7 Å². The van der Waals surface area contributed by atoms with E-state index in [1.165, 1.54) is 5.69 Å². The number of halogens is 1. The highest BCUT2D eigenvalue weighted by Gasteiger charge is 2.20. The van der Waals surface area contributed by atoms with Crippen LogP contribution in [-0.2, 0) is 0 Å². The molecule has 1 fully saturated rings. The molecule has 0 spiro atoms. The van der Waals surface area contributed by atoms with Gasteiger partial charge >= 0.3 is 0 Å². The van der Waals surface area contributed by atoms with Gasteiger partial charge in [-0.2, -0.15) is 0 Å². The van der Waals surface area contributed by atoms with Crippen molar-refractivity contribution in [3.05, 3.63) is 71.2 Å². The molecule has 4 rings (SSSR count). The van der Waals surface area contributed by atoms with Crippen LogP contribution in [0.4, 0.5) is 5.69 Å². The zero-order chi connectivity index (χ0) is 19.3. The highest BCUT2D eigenvalue weighted by atomic mass is 79.9. The van der Waals surface area contributed by atoms with Crippen LogP contribution >= 0.6 is 15.9 Å². The first-order valence-electron chi connectivity index (χ1n) is 9.70. The highest BCUT2D eigenvalue weighted by Crippen LogP contribution is 2.25. The molecule has 146 valence electrons. The van der Waals surface area contributed by atoms with Gasteiger partial charge in [-0.1, -0.05) is 52.3 Å². The number of fused-ring (bicyclic) bond motifs is 1. The smallest absolute Gasteiger partial charge is 0.127 e. The first-order chi connectivity index (χ1) is 13.7. The van der Waals surface area contributed by atoms with E-state index in [2.05, 4.69) is 68.2 Å². The summed E-state index contributed by atoms with van der Waals surface area (Å²) in [5, 5.41) is 12.7. The predicted molar refractivity (Wildman–Crippen MR) is 118 cm³/mol. The fourth-order valence-corrected chi connectivity index (χ4v) is 3.96. The maximum atomic E-state index is 10.5. The van der Waals surface area contributed by atoms with Crippen LogP contribution in [0, 0.1) is 0 Å². The summed E-state index contributed by atoms with van der Waals surface area (Å²) in [7, 11) is 0. The van der Waals surface area contributed by atoms with Crippen molar-refractivity contribution in [2.45, 2.75) is 6.10 Å². The number of aliphatic hydroxyl groups is 1. The number of piperazine rings is 1. The van der Waals surface area contributed by atoms with Crippen LogP contribution in [-0.4, -0.2) is 55.4 Å². The topological polar surface area (TPSA) is 35.9 Å². The van der Waals surface area contributed by atoms with Crippen molar-refractivity contribution in [2.24, 2.45) is 0 Å². The van der Waals surface area contributed by atoms with Gasteiger partial charge in [0.15, 0.2) is 0 Å². The van der Waals surface area contributed by atoms with Gasteiger partial charge in [0.25, 0.3) is 0 Å². The molecule has 5 heteroatoms. The molecule has 0 amide bonds. The number of β-amino-alcohol motifs (C(OH)–C–C–N with tert-alkyl or cyclic N) is 1. The average Bonchev–Trinajstić information content (AvgIpc) is 2.73. The van der Waals surface area contributed by atoms with Crippen molar-refractivity contribution >= 4 is 32.4 Å². The third kappa shape index (κ3) is 4.66. The number of ether oxygens (including phenoxy) is 1. The Bertz CT molecular complexity index is 903. The second-order valence-electron chi connectivity index (χ2n) is 7.21. The number of benzene rings is 3. The van der Waals surface area contributed by atoms with E-state index in [0.717, 1.165) is 47.2 Å². The molecule has 1 N–H and O–H groups in total. The number of hydrogen-bond donors (Lipinski definition) is 1. The molecule has 4 nitrogen and oxygen atoms in total. The lowest BCUT2D eigenvalue weighted by Crippen LogP contribution is -2.49. The van der Waals surface area contributed by atoms with Gasteiger partial charge in [0, 0.05) is 48.3 Å². The average molecular weight is 441 g/mol. The third-order valence-electron chi connectivity index (χ3n) is 5.21. The minimum atomic E-state index is -0.502. The van der Waals surface area contributed by atoms with Crippen LogP contribution in [0.3, 0.4) is 0 Å². The molecule has 0 aliphatic carbocycles. The van der Waals surface area contributed by atoms with Crippen molar-refractivity contribution < 1.29 is 9.84 Å². The molecule has 28 heavy (non-hydrogen) atoms. The van der Waals surface area contributed by atoms with E-state index in [1.54, 1.807) is 0 Å². The Morgan fingerprint density at radius 3 is 2.39 bits per heavy atom. The van der Waals surface area contributed by atoms with Gasteiger partial charge in [0.05, 0.1) is 0 Å². The zero-order valence-corrected chi connectivity index (χ0v) is 17.4. The Morgan fingerprint density at radius 2 is 1.61 bits per heavy atom. The minimum absolute atomic E-state index is 0.306. The molecule has 1 heterocycles. The van der Waals surface area contributed by atoms with Gasteiger partial charge in [-0.3, -0.25) is 4.90 Å². The van der Waals surface area contributed by atoms with Gasteiger partial charge < -0.3 is 14.7 Å². The molecule has 0 bridgehead atoms. The van der Waals surface area contributed by atoms with Gasteiger partial charge in [-0.15, -0.1) is 0 Å². The van der Waals surface area contributed by atoms with E-state index < -0.39 is 6.10 Å². The molecular weight excluding hydrogens is 416 g/mol. The number of rotatable bonds is 6. The van der Waals surface area contributed by atoms with Crippen molar-refractivity contribution in [2.75, 3.05) is 44.2 Å². The lowest BCUT2D eigenvalue weighted by atomic mass is 10.1. The van der Waals surface area contributed by atoms with E-state index in [4.69, 9.17) is 4.74 Å². The van der Waals surface area contributed by atoms with Crippen molar-refractivity contribution in [3.63, 3.8) is 0 Å². The molecule has 3 aromatic carbocycles. The van der Waals surface area contributed by atoms with Crippen LogP contribution in [0.2, 0.25) is 0 Å². The van der Waals surface area contributed by atoms with Gasteiger partial charge in [-0.25, -0.2) is 0 Å². The fourth-order valence-electron chi connectivity index (χ4n) is 3.70. The summed E-state index contributed by atoms with van der Waals surface area (Å²) in [6, 6.07) is 22.6. The molecule has 0 aromatic heterocycles. The summed E-state index contributed by atoms with van der Waals surface area (Å²) >= 11 is 3.48. The number of aliphatic hydroxyl groups excluding tert-OH is 1. The number of nitrogens with zero attached hydrogens (tertiary/aromatic N) is 2. The maximum absolute atomic E-state index is 10.5. The SMILES string of the molecule is O[C@@H](COc1cccc2ccccc12)CN1CCN(c2ccc(Br)cc2)CC1. The molecule has 1 aliphatic rings. The maximum Gasteiger partial charge on any atom is 0.127 e. The van der Waals surface area contributed by atoms with E-state index in [1.807, 2.05) is 24.3 Å². The lowest BCUT2D eigenvalue weighted by molar-refractivity contribution is 0.0668. The summed E-state index contributed by atoms with van der Waals surface area (Å²) in [5.74, 6) is 0.831. The monoisotopic (exact) mass is 440 g/mol. The van der Waals surface area contributed by atoms with Crippen molar-refractivity contribution in [3.8, 4) is 5.75 Å². The highest BCUT2D eigenvalue weighted by molar-refractivity contribution is 9.10. The molecule has 3 aromatic rings. The Balaban J connectivity index is 1.26. The van der Waals surface area contributed by atoms with Crippen molar-refractivity contribution in [1.82, 2.24) is 4.90 Å². The molecular formula is C23H25BrN2O2. The Hall–Kier alpha value is -2.08. The Labute approximate surface area is 174 Å². The van der Waals surface area contributed by atoms with Crippen LogP contribution in [0.15, 0.2) is 71.2 Å². The molecule has 0 radical (unpaired) electrons. The summed E-state index contributed by atoms with van der Waals surface area (Å²) in [5.41, 5.74) is 1.25. The van der Waals surface area contributed by atoms with Gasteiger partial charge in [0.2, 0.25) is 0 Å². The summed E-state index contributed by atoms with van der Waals surface area (Å²) in [6.07, 6.45) is -0.502. The normalized spacial score (nSPS) is 16.3. The lowest BCUT2D eigenvalue weighted by Gasteiger charge is -2.36. The quantitative estimate of drug-likeness (QED) is 0.623. The fraction of sp³-hybridized carbons (Fsp3) is 0.304. The molecule has 1 atom stereocenters. The molecule has 0 unspecified atom stereocenters. The predicted octanol–water partition coefficient (Wildman–Crippen LogP) is 4.16. The number of hydrogen-bond acceptors (Lipinski definition) is 4. The van der Waals surface area contributed by atoms with Crippen LogP contribution in [0.25, 0.3) is 10.8 Å². The second kappa shape index (κ2) is 8.95. The van der Waals surface area contributed by atoms with E-state index >= 15 is 0 Å². The Kier molecular flexibility index (Phi) is 6.15. The second-order valence-corrected chi connectivity index (χ2v) is 8.12. The Morgan fingerprint density at radius 1 is 0.893 bits per heavy atom.